The zero-order valence-electron chi connectivity index (χ0n) is 17.1. The Morgan fingerprint density at radius 1 is 1.03 bits per heavy atom. The van der Waals surface area contributed by atoms with Crippen molar-refractivity contribution in [2.24, 2.45) is 5.92 Å². The number of allylic oxidation sites excluding steroid dienone is 1. The van der Waals surface area contributed by atoms with Crippen molar-refractivity contribution in [3.8, 4) is 11.5 Å². The number of rotatable bonds is 6. The van der Waals surface area contributed by atoms with Gasteiger partial charge in [-0.15, -0.1) is 0 Å². The average molecular weight is 400 g/mol. The highest BCUT2D eigenvalue weighted by molar-refractivity contribution is 6.01. The van der Waals surface area contributed by atoms with Crippen LogP contribution in [0.4, 0.5) is 0 Å². The Morgan fingerprint density at radius 3 is 2.23 bits per heavy atom. The van der Waals surface area contributed by atoms with E-state index in [1.165, 1.54) is 0 Å². The number of benzene rings is 2. The third-order valence-corrected chi connectivity index (χ3v) is 6.22. The van der Waals surface area contributed by atoms with Crippen LogP contribution in [0.3, 0.4) is 0 Å². The van der Waals surface area contributed by atoms with Crippen molar-refractivity contribution in [3.63, 3.8) is 0 Å². The van der Waals surface area contributed by atoms with Crippen molar-refractivity contribution in [2.45, 2.75) is 24.7 Å². The van der Waals surface area contributed by atoms with Crippen LogP contribution in [-0.4, -0.2) is 30.2 Å². The summed E-state index contributed by atoms with van der Waals surface area (Å²) in [7, 11) is 3.35. The summed E-state index contributed by atoms with van der Waals surface area (Å²) in [6, 6.07) is 16.3. The van der Waals surface area contributed by atoms with E-state index in [-0.39, 0.29) is 11.7 Å². The van der Waals surface area contributed by atoms with Crippen LogP contribution in [0.2, 0.25) is 0 Å². The molecule has 2 aliphatic carbocycles. The minimum Gasteiger partial charge on any atom is -0.497 e. The quantitative estimate of drug-likeness (QED) is 0.616. The molecule has 152 valence electrons. The number of nitrogens with zero attached hydrogens (tertiary/aromatic N) is 1. The third kappa shape index (κ3) is 3.02. The molecule has 0 amide bonds. The summed E-state index contributed by atoms with van der Waals surface area (Å²) in [5.74, 6) is 1.92. The van der Waals surface area contributed by atoms with E-state index in [0.29, 0.717) is 12.1 Å². The fourth-order valence-corrected chi connectivity index (χ4v) is 4.36. The first-order valence-corrected chi connectivity index (χ1v) is 10.2. The van der Waals surface area contributed by atoms with Crippen molar-refractivity contribution in [3.05, 3.63) is 82.7 Å². The molecule has 0 saturated heterocycles. The van der Waals surface area contributed by atoms with Gasteiger partial charge in [0, 0.05) is 29.0 Å². The van der Waals surface area contributed by atoms with Gasteiger partial charge >= 0.3 is 0 Å². The summed E-state index contributed by atoms with van der Waals surface area (Å²) in [6.45, 7) is 0. The molecule has 1 aromatic heterocycles. The van der Waals surface area contributed by atoms with Gasteiger partial charge in [-0.1, -0.05) is 36.4 Å². The molecule has 5 heteroatoms. The fourth-order valence-electron chi connectivity index (χ4n) is 4.36. The van der Waals surface area contributed by atoms with E-state index in [2.05, 4.69) is 46.6 Å². The Hall–Kier alpha value is -3.34. The van der Waals surface area contributed by atoms with E-state index in [9.17, 15) is 4.79 Å². The predicted octanol–water partition coefficient (Wildman–Crippen LogP) is 4.58. The maximum Gasteiger partial charge on any atom is 0.186 e. The monoisotopic (exact) mass is 400 g/mol. The molecule has 2 aromatic carbocycles. The minimum atomic E-state index is -0.428. The van der Waals surface area contributed by atoms with Gasteiger partial charge in [0.15, 0.2) is 5.78 Å². The molecule has 30 heavy (non-hydrogen) atoms. The molecular formula is C25H24N2O3. The number of carbonyl (C=O) groups is 1. The molecule has 0 unspecified atom stereocenters. The second kappa shape index (κ2) is 7.17. The summed E-state index contributed by atoms with van der Waals surface area (Å²) in [5.41, 5.74) is 4.28. The van der Waals surface area contributed by atoms with Crippen molar-refractivity contribution in [2.75, 3.05) is 14.2 Å². The number of H-pyrrole nitrogens is 1. The van der Waals surface area contributed by atoms with Crippen LogP contribution >= 0.6 is 0 Å². The second-order valence-corrected chi connectivity index (χ2v) is 8.05. The zero-order chi connectivity index (χ0) is 20.7. The first-order chi connectivity index (χ1) is 14.6. The Kier molecular flexibility index (Phi) is 4.46. The normalized spacial score (nSPS) is 16.7. The predicted molar refractivity (Wildman–Crippen MR) is 115 cm³/mol. The number of ether oxygens (including phenoxy) is 2. The summed E-state index contributed by atoms with van der Waals surface area (Å²) < 4.78 is 11.0. The van der Waals surface area contributed by atoms with Gasteiger partial charge in [-0.25, -0.2) is 0 Å². The molecule has 1 saturated carbocycles. The number of Topliss-reactive ketones (excluding diaryl/α,β-unsaturated/α-hetero) is 1. The van der Waals surface area contributed by atoms with Crippen LogP contribution in [0.15, 0.2) is 54.6 Å². The van der Waals surface area contributed by atoms with Crippen LogP contribution < -0.4 is 9.47 Å². The van der Waals surface area contributed by atoms with Crippen LogP contribution in [0.1, 0.15) is 45.7 Å². The summed E-state index contributed by atoms with van der Waals surface area (Å²) in [4.78, 5) is 12.7. The zero-order valence-corrected chi connectivity index (χ0v) is 17.1. The van der Waals surface area contributed by atoms with Gasteiger partial charge < -0.3 is 9.47 Å². The van der Waals surface area contributed by atoms with Crippen LogP contribution in [-0.2, 0) is 11.8 Å². The van der Waals surface area contributed by atoms with Crippen molar-refractivity contribution in [1.82, 2.24) is 10.2 Å². The van der Waals surface area contributed by atoms with Crippen LogP contribution in [0.25, 0.3) is 6.08 Å². The summed E-state index contributed by atoms with van der Waals surface area (Å²) >= 11 is 0. The molecule has 1 fully saturated rings. The smallest absolute Gasteiger partial charge is 0.186 e. The number of methoxy groups -OCH3 is 2. The Labute approximate surface area is 175 Å². The molecule has 1 N–H and O–H groups in total. The van der Waals surface area contributed by atoms with Gasteiger partial charge in [-0.3, -0.25) is 9.89 Å². The van der Waals surface area contributed by atoms with Crippen molar-refractivity contribution >= 4 is 11.9 Å². The van der Waals surface area contributed by atoms with Crippen LogP contribution in [0.5, 0.6) is 11.5 Å². The highest BCUT2D eigenvalue weighted by atomic mass is 16.5. The number of hydrogen-bond donors (Lipinski definition) is 1. The molecule has 5 rings (SSSR count). The van der Waals surface area contributed by atoms with E-state index in [0.717, 1.165) is 46.7 Å². The topological polar surface area (TPSA) is 64.2 Å². The number of aromatic amines is 1. The molecule has 2 aliphatic rings. The highest BCUT2D eigenvalue weighted by Gasteiger charge is 2.39. The molecule has 3 aromatic rings. The van der Waals surface area contributed by atoms with E-state index < -0.39 is 5.41 Å². The standard InChI is InChI=1S/C25H24N2O3/c1-29-19-7-3-5-17(13-19)25(18-6-4-8-20(14-18)30-2)12-11-21-22(15-25)26-27-23(21)24(28)16-9-10-16/h3-8,11-14,16H,9-10,15H2,1-2H3,(H,26,27). The van der Waals surface area contributed by atoms with E-state index >= 15 is 0 Å². The number of hydrogen-bond acceptors (Lipinski definition) is 4. The minimum absolute atomic E-state index is 0.147. The van der Waals surface area contributed by atoms with Gasteiger partial charge in [-0.05, 0) is 48.2 Å². The van der Waals surface area contributed by atoms with E-state index in [1.807, 2.05) is 24.3 Å². The van der Waals surface area contributed by atoms with Crippen LogP contribution in [0, 0.1) is 5.92 Å². The highest BCUT2D eigenvalue weighted by Crippen LogP contribution is 2.44. The molecular weight excluding hydrogens is 376 g/mol. The Bertz CT molecular complexity index is 1090. The Balaban J connectivity index is 1.65. The number of aromatic nitrogens is 2. The number of fused-ring (bicyclic) bond motifs is 1. The largest absolute Gasteiger partial charge is 0.497 e. The first kappa shape index (κ1) is 18.7. The SMILES string of the molecule is COc1cccc(C2(c3cccc(OC)c3)C=Cc3c(C(=O)C4CC4)n[nH]c3C2)c1. The second-order valence-electron chi connectivity index (χ2n) is 8.05. The summed E-state index contributed by atoms with van der Waals surface area (Å²) in [5, 5.41) is 7.56. The molecule has 0 bridgehead atoms. The molecule has 5 nitrogen and oxygen atoms in total. The fraction of sp³-hybridized carbons (Fsp3) is 0.280. The molecule has 0 spiro atoms. The lowest BCUT2D eigenvalue weighted by Crippen LogP contribution is -2.30. The van der Waals surface area contributed by atoms with Gasteiger partial charge in [0.25, 0.3) is 0 Å². The van der Waals surface area contributed by atoms with Gasteiger partial charge in [-0.2, -0.15) is 5.10 Å². The lowest BCUT2D eigenvalue weighted by molar-refractivity contribution is 0.0962. The summed E-state index contributed by atoms with van der Waals surface area (Å²) in [6.07, 6.45) is 6.86. The van der Waals surface area contributed by atoms with Gasteiger partial charge in [0.2, 0.25) is 0 Å². The first-order valence-electron chi connectivity index (χ1n) is 10.2. The lowest BCUT2D eigenvalue weighted by Gasteiger charge is -2.35. The van der Waals surface area contributed by atoms with E-state index in [4.69, 9.17) is 9.47 Å². The lowest BCUT2D eigenvalue weighted by atomic mass is 9.68. The maximum absolute atomic E-state index is 12.7. The van der Waals surface area contributed by atoms with Crippen molar-refractivity contribution in [1.29, 1.82) is 0 Å². The molecule has 0 atom stereocenters. The maximum atomic E-state index is 12.7. The van der Waals surface area contributed by atoms with Gasteiger partial charge in [0.05, 0.1) is 14.2 Å². The van der Waals surface area contributed by atoms with Gasteiger partial charge in [0.1, 0.15) is 17.2 Å². The van der Waals surface area contributed by atoms with Crippen molar-refractivity contribution < 1.29 is 14.3 Å². The molecule has 0 aliphatic heterocycles. The average Bonchev–Trinajstić information content (AvgIpc) is 3.57. The Morgan fingerprint density at radius 2 is 1.67 bits per heavy atom. The number of nitrogens with one attached hydrogen (secondary N) is 1. The number of ketones is 1. The third-order valence-electron chi connectivity index (χ3n) is 6.22. The molecule has 1 heterocycles. The number of carbonyl (C=O) groups excluding carboxylic acids is 1. The molecule has 0 radical (unpaired) electrons. The van der Waals surface area contributed by atoms with E-state index in [1.54, 1.807) is 14.2 Å².